The van der Waals surface area contributed by atoms with Crippen molar-refractivity contribution in [2.24, 2.45) is 0 Å². The standard InChI is InChI=1S/C10H9Cl5/c1-9(12,6-10(13,14)15)7-3-2-4-8(11)5-7/h2-5H,6H2,1H3. The highest BCUT2D eigenvalue weighted by atomic mass is 35.6. The van der Waals surface area contributed by atoms with Gasteiger partial charge in [-0.05, 0) is 24.6 Å². The van der Waals surface area contributed by atoms with Gasteiger partial charge in [-0.25, -0.2) is 0 Å². The van der Waals surface area contributed by atoms with E-state index in [1.54, 1.807) is 19.1 Å². The summed E-state index contributed by atoms with van der Waals surface area (Å²) in [5.41, 5.74) is 0.836. The SMILES string of the molecule is CC(Cl)(CC(Cl)(Cl)Cl)c1cccc(Cl)c1. The maximum atomic E-state index is 6.31. The lowest BCUT2D eigenvalue weighted by Crippen LogP contribution is -2.21. The molecule has 0 aromatic heterocycles. The summed E-state index contributed by atoms with van der Waals surface area (Å²) in [6.45, 7) is 1.79. The van der Waals surface area contributed by atoms with Crippen molar-refractivity contribution >= 4 is 58.0 Å². The fraction of sp³-hybridized carbons (Fsp3) is 0.400. The van der Waals surface area contributed by atoms with Crippen molar-refractivity contribution in [2.45, 2.75) is 22.0 Å². The molecule has 0 amide bonds. The zero-order valence-corrected chi connectivity index (χ0v) is 11.7. The van der Waals surface area contributed by atoms with Crippen molar-refractivity contribution in [2.75, 3.05) is 0 Å². The van der Waals surface area contributed by atoms with Gasteiger partial charge >= 0.3 is 0 Å². The molecular weight excluding hydrogens is 297 g/mol. The molecule has 1 atom stereocenters. The molecule has 5 heteroatoms. The zero-order valence-electron chi connectivity index (χ0n) is 7.91. The largest absolute Gasteiger partial charge is 0.192 e. The van der Waals surface area contributed by atoms with Crippen molar-refractivity contribution in [3.05, 3.63) is 34.9 Å². The van der Waals surface area contributed by atoms with Crippen LogP contribution in [-0.4, -0.2) is 3.79 Å². The molecular formula is C10H9Cl5. The van der Waals surface area contributed by atoms with Crippen LogP contribution in [0.4, 0.5) is 0 Å². The quantitative estimate of drug-likeness (QED) is 0.628. The minimum atomic E-state index is -1.38. The van der Waals surface area contributed by atoms with E-state index in [-0.39, 0.29) is 6.42 Å². The molecule has 15 heavy (non-hydrogen) atoms. The molecule has 84 valence electrons. The van der Waals surface area contributed by atoms with Crippen LogP contribution < -0.4 is 0 Å². The molecule has 0 spiro atoms. The van der Waals surface area contributed by atoms with Gasteiger partial charge in [-0.3, -0.25) is 0 Å². The lowest BCUT2D eigenvalue weighted by molar-refractivity contribution is 0.619. The fourth-order valence-electron chi connectivity index (χ4n) is 1.29. The third-order valence-electron chi connectivity index (χ3n) is 1.96. The smallest absolute Gasteiger partial charge is 0.114 e. The van der Waals surface area contributed by atoms with E-state index in [2.05, 4.69) is 0 Å². The van der Waals surface area contributed by atoms with Crippen LogP contribution in [0.3, 0.4) is 0 Å². The second kappa shape index (κ2) is 4.89. The third-order valence-corrected chi connectivity index (χ3v) is 2.95. The first-order chi connectivity index (χ1) is 6.71. The Hall–Kier alpha value is 0.670. The second-order valence-electron chi connectivity index (χ2n) is 3.50. The van der Waals surface area contributed by atoms with Gasteiger partial charge in [0, 0.05) is 11.4 Å². The average molecular weight is 306 g/mol. The number of alkyl halides is 4. The van der Waals surface area contributed by atoms with Crippen molar-refractivity contribution in [1.82, 2.24) is 0 Å². The van der Waals surface area contributed by atoms with Crippen LogP contribution in [-0.2, 0) is 4.87 Å². The van der Waals surface area contributed by atoms with Crippen LogP contribution >= 0.6 is 58.0 Å². The Morgan fingerprint density at radius 3 is 2.20 bits per heavy atom. The summed E-state index contributed by atoms with van der Waals surface area (Å²) in [4.78, 5) is -0.740. The Morgan fingerprint density at radius 2 is 1.73 bits per heavy atom. The molecule has 0 radical (unpaired) electrons. The van der Waals surface area contributed by atoms with Crippen molar-refractivity contribution in [3.8, 4) is 0 Å². The molecule has 0 N–H and O–H groups in total. The predicted octanol–water partition coefficient (Wildman–Crippen LogP) is 5.55. The Balaban J connectivity index is 2.95. The molecule has 0 saturated heterocycles. The molecule has 0 saturated carbocycles. The average Bonchev–Trinajstić information content (AvgIpc) is 1.99. The number of hydrogen-bond donors (Lipinski definition) is 0. The summed E-state index contributed by atoms with van der Waals surface area (Å²) in [6, 6.07) is 7.21. The summed E-state index contributed by atoms with van der Waals surface area (Å²) in [7, 11) is 0. The molecule has 1 aromatic carbocycles. The first-order valence-corrected chi connectivity index (χ1v) is 6.11. The van der Waals surface area contributed by atoms with Crippen LogP contribution in [0.5, 0.6) is 0 Å². The summed E-state index contributed by atoms with van der Waals surface area (Å²) in [6.07, 6.45) is 0.215. The Bertz CT molecular complexity index is 340. The van der Waals surface area contributed by atoms with Crippen LogP contribution in [0.2, 0.25) is 5.02 Å². The van der Waals surface area contributed by atoms with E-state index in [0.29, 0.717) is 5.02 Å². The lowest BCUT2D eigenvalue weighted by atomic mass is 9.97. The summed E-state index contributed by atoms with van der Waals surface area (Å²) < 4.78 is -1.38. The van der Waals surface area contributed by atoms with Gasteiger partial charge in [0.15, 0.2) is 3.79 Å². The van der Waals surface area contributed by atoms with E-state index in [9.17, 15) is 0 Å². The van der Waals surface area contributed by atoms with Crippen LogP contribution in [0.25, 0.3) is 0 Å². The number of halogens is 5. The summed E-state index contributed by atoms with van der Waals surface area (Å²) in [5.74, 6) is 0. The number of benzene rings is 1. The molecule has 1 rings (SSSR count). The molecule has 1 aromatic rings. The van der Waals surface area contributed by atoms with E-state index in [1.165, 1.54) is 0 Å². The highest BCUT2D eigenvalue weighted by Crippen LogP contribution is 2.43. The summed E-state index contributed by atoms with van der Waals surface area (Å²) >= 11 is 29.3. The van der Waals surface area contributed by atoms with Crippen molar-refractivity contribution < 1.29 is 0 Å². The Labute approximate surface area is 114 Å². The fourth-order valence-corrected chi connectivity index (χ4v) is 2.81. The van der Waals surface area contributed by atoms with Crippen molar-refractivity contribution in [1.29, 1.82) is 0 Å². The highest BCUT2D eigenvalue weighted by molar-refractivity contribution is 6.67. The van der Waals surface area contributed by atoms with E-state index >= 15 is 0 Å². The zero-order chi connectivity index (χ0) is 11.7. The van der Waals surface area contributed by atoms with Gasteiger partial charge in [-0.1, -0.05) is 58.5 Å². The Morgan fingerprint density at radius 1 is 1.13 bits per heavy atom. The van der Waals surface area contributed by atoms with Gasteiger partial charge in [-0.15, -0.1) is 11.6 Å². The number of hydrogen-bond acceptors (Lipinski definition) is 0. The van der Waals surface area contributed by atoms with Gasteiger partial charge in [0.05, 0.1) is 4.87 Å². The van der Waals surface area contributed by atoms with E-state index in [4.69, 9.17) is 58.0 Å². The topological polar surface area (TPSA) is 0 Å². The molecule has 1 unspecified atom stereocenters. The highest BCUT2D eigenvalue weighted by Gasteiger charge is 2.34. The van der Waals surface area contributed by atoms with Crippen LogP contribution in [0.15, 0.2) is 24.3 Å². The maximum absolute atomic E-state index is 6.31. The lowest BCUT2D eigenvalue weighted by Gasteiger charge is -2.26. The Kier molecular flexibility index (Phi) is 4.48. The monoisotopic (exact) mass is 304 g/mol. The second-order valence-corrected chi connectivity index (χ2v) is 7.29. The molecule has 0 heterocycles. The first-order valence-electron chi connectivity index (χ1n) is 4.22. The van der Waals surface area contributed by atoms with Crippen LogP contribution in [0.1, 0.15) is 18.9 Å². The first kappa shape index (κ1) is 13.7. The normalized spacial score (nSPS) is 16.1. The van der Waals surface area contributed by atoms with Gasteiger partial charge in [0.1, 0.15) is 0 Å². The minimum absolute atomic E-state index is 0.215. The summed E-state index contributed by atoms with van der Waals surface area (Å²) in [5, 5.41) is 0.615. The van der Waals surface area contributed by atoms with E-state index in [0.717, 1.165) is 5.56 Å². The molecule has 0 nitrogen and oxygen atoms in total. The molecule has 0 aliphatic heterocycles. The number of rotatable bonds is 2. The minimum Gasteiger partial charge on any atom is -0.114 e. The molecule has 0 bridgehead atoms. The predicted molar refractivity (Wildman–Crippen MR) is 69.6 cm³/mol. The van der Waals surface area contributed by atoms with Gasteiger partial charge < -0.3 is 0 Å². The molecule has 0 aliphatic rings. The van der Waals surface area contributed by atoms with Gasteiger partial charge in [-0.2, -0.15) is 0 Å². The molecule has 0 aliphatic carbocycles. The molecule has 0 fully saturated rings. The van der Waals surface area contributed by atoms with E-state index < -0.39 is 8.67 Å². The van der Waals surface area contributed by atoms with E-state index in [1.807, 2.05) is 12.1 Å². The van der Waals surface area contributed by atoms with Crippen LogP contribution in [0, 0.1) is 0 Å². The van der Waals surface area contributed by atoms with Gasteiger partial charge in [0.2, 0.25) is 0 Å². The van der Waals surface area contributed by atoms with Gasteiger partial charge in [0.25, 0.3) is 0 Å². The van der Waals surface area contributed by atoms with Crippen molar-refractivity contribution in [3.63, 3.8) is 0 Å². The third kappa shape index (κ3) is 4.58. The maximum Gasteiger partial charge on any atom is 0.192 e.